The Morgan fingerprint density at radius 3 is 3.00 bits per heavy atom. The Morgan fingerprint density at radius 2 is 2.55 bits per heavy atom. The molecule has 0 aromatic carbocycles. The van der Waals surface area contributed by atoms with Crippen molar-refractivity contribution >= 4 is 5.78 Å². The van der Waals surface area contributed by atoms with Gasteiger partial charge in [0.05, 0.1) is 0 Å². The van der Waals surface area contributed by atoms with Crippen molar-refractivity contribution in [3.05, 3.63) is 12.2 Å². The van der Waals surface area contributed by atoms with E-state index in [0.29, 0.717) is 6.42 Å². The molecule has 0 N–H and O–H groups in total. The second kappa shape index (κ2) is 2.92. The van der Waals surface area contributed by atoms with E-state index in [2.05, 4.69) is 12.8 Å². The van der Waals surface area contributed by atoms with Gasteiger partial charge in [-0.25, -0.2) is 0 Å². The van der Waals surface area contributed by atoms with Crippen LogP contribution in [0.3, 0.4) is 0 Å². The maximum Gasteiger partial charge on any atom is 0.155 e. The van der Waals surface area contributed by atoms with Gasteiger partial charge in [-0.15, -0.1) is 12.3 Å². The normalized spacial score (nSPS) is 30.0. The van der Waals surface area contributed by atoms with Crippen LogP contribution in [0.25, 0.3) is 0 Å². The molecule has 0 spiro atoms. The Balaban J connectivity index is 2.69. The lowest BCUT2D eigenvalue weighted by Crippen LogP contribution is -2.18. The SMILES string of the molecule is C#CCC1(C)C=CC(=O)CC1. The topological polar surface area (TPSA) is 17.1 Å². The van der Waals surface area contributed by atoms with Crippen molar-refractivity contribution in [3.63, 3.8) is 0 Å². The van der Waals surface area contributed by atoms with Gasteiger partial charge in [0.2, 0.25) is 0 Å². The molecule has 0 saturated heterocycles. The molecule has 0 aromatic heterocycles. The molecule has 0 heterocycles. The molecular formula is C10H12O. The highest BCUT2D eigenvalue weighted by Crippen LogP contribution is 2.31. The zero-order valence-corrected chi connectivity index (χ0v) is 6.76. The molecular weight excluding hydrogens is 136 g/mol. The molecule has 11 heavy (non-hydrogen) atoms. The van der Waals surface area contributed by atoms with Crippen LogP contribution in [0.2, 0.25) is 0 Å². The second-order valence-corrected chi connectivity index (χ2v) is 3.33. The molecule has 1 heteroatoms. The fourth-order valence-corrected chi connectivity index (χ4v) is 1.25. The van der Waals surface area contributed by atoms with Gasteiger partial charge in [0.25, 0.3) is 0 Å². The minimum Gasteiger partial charge on any atom is -0.295 e. The predicted molar refractivity (Wildman–Crippen MR) is 44.9 cm³/mol. The van der Waals surface area contributed by atoms with Gasteiger partial charge >= 0.3 is 0 Å². The van der Waals surface area contributed by atoms with Crippen molar-refractivity contribution in [2.24, 2.45) is 5.41 Å². The van der Waals surface area contributed by atoms with Crippen molar-refractivity contribution in [1.82, 2.24) is 0 Å². The van der Waals surface area contributed by atoms with Crippen LogP contribution in [0.1, 0.15) is 26.2 Å². The average molecular weight is 148 g/mol. The number of terminal acetylenes is 1. The van der Waals surface area contributed by atoms with Gasteiger partial charge in [0.15, 0.2) is 5.78 Å². The standard InChI is InChI=1S/C10H12O/c1-3-6-10(2)7-4-9(11)5-8-10/h1,4,7H,5-6,8H2,2H3. The molecule has 1 nitrogen and oxygen atoms in total. The Bertz CT molecular complexity index is 232. The summed E-state index contributed by atoms with van der Waals surface area (Å²) < 4.78 is 0. The summed E-state index contributed by atoms with van der Waals surface area (Å²) in [5, 5.41) is 0. The second-order valence-electron chi connectivity index (χ2n) is 3.33. The third kappa shape index (κ3) is 1.94. The first kappa shape index (κ1) is 8.07. The lowest BCUT2D eigenvalue weighted by molar-refractivity contribution is -0.115. The van der Waals surface area contributed by atoms with E-state index in [1.54, 1.807) is 6.08 Å². The fourth-order valence-electron chi connectivity index (χ4n) is 1.25. The van der Waals surface area contributed by atoms with E-state index >= 15 is 0 Å². The van der Waals surface area contributed by atoms with E-state index in [1.807, 2.05) is 6.08 Å². The first-order chi connectivity index (χ1) is 5.16. The van der Waals surface area contributed by atoms with E-state index in [1.165, 1.54) is 0 Å². The molecule has 1 unspecified atom stereocenters. The maximum absolute atomic E-state index is 10.8. The number of rotatable bonds is 1. The van der Waals surface area contributed by atoms with Crippen molar-refractivity contribution in [2.45, 2.75) is 26.2 Å². The summed E-state index contributed by atoms with van der Waals surface area (Å²) in [5.41, 5.74) is 0.0721. The number of ketones is 1. The number of hydrogen-bond donors (Lipinski definition) is 0. The highest BCUT2D eigenvalue weighted by Gasteiger charge is 2.23. The molecule has 1 aliphatic rings. The third-order valence-corrected chi connectivity index (χ3v) is 2.12. The molecule has 1 aliphatic carbocycles. The Kier molecular flexibility index (Phi) is 2.14. The van der Waals surface area contributed by atoms with E-state index in [9.17, 15) is 4.79 Å². The van der Waals surface area contributed by atoms with Crippen LogP contribution in [0.5, 0.6) is 0 Å². The smallest absolute Gasteiger partial charge is 0.155 e. The summed E-state index contributed by atoms with van der Waals surface area (Å²) in [4.78, 5) is 10.8. The molecule has 0 aromatic rings. The van der Waals surface area contributed by atoms with Crippen LogP contribution in [0.15, 0.2) is 12.2 Å². The van der Waals surface area contributed by atoms with Crippen molar-refractivity contribution < 1.29 is 4.79 Å². The molecule has 1 rings (SSSR count). The minimum atomic E-state index is 0.0721. The van der Waals surface area contributed by atoms with Crippen LogP contribution in [-0.4, -0.2) is 5.78 Å². The molecule has 58 valence electrons. The number of carbonyl (C=O) groups is 1. The Morgan fingerprint density at radius 1 is 1.82 bits per heavy atom. The van der Waals surface area contributed by atoms with Gasteiger partial charge in [-0.1, -0.05) is 13.0 Å². The average Bonchev–Trinajstić information content (AvgIpc) is 1.97. The van der Waals surface area contributed by atoms with E-state index in [-0.39, 0.29) is 11.2 Å². The first-order valence-electron chi connectivity index (χ1n) is 3.82. The highest BCUT2D eigenvalue weighted by molar-refractivity contribution is 5.90. The van der Waals surface area contributed by atoms with Gasteiger partial charge < -0.3 is 0 Å². The first-order valence-corrected chi connectivity index (χ1v) is 3.82. The minimum absolute atomic E-state index is 0.0721. The predicted octanol–water partition coefficient (Wildman–Crippen LogP) is 1.94. The molecule has 0 saturated carbocycles. The van der Waals surface area contributed by atoms with Crippen LogP contribution in [-0.2, 0) is 4.79 Å². The number of allylic oxidation sites excluding steroid dienone is 2. The van der Waals surface area contributed by atoms with Gasteiger partial charge in [0, 0.05) is 12.8 Å². The Hall–Kier alpha value is -1.03. The van der Waals surface area contributed by atoms with Gasteiger partial charge in [0.1, 0.15) is 0 Å². The van der Waals surface area contributed by atoms with Crippen molar-refractivity contribution in [2.75, 3.05) is 0 Å². The largest absolute Gasteiger partial charge is 0.295 e. The fraction of sp³-hybridized carbons (Fsp3) is 0.500. The molecule has 0 aliphatic heterocycles. The van der Waals surface area contributed by atoms with Crippen molar-refractivity contribution in [1.29, 1.82) is 0 Å². The highest BCUT2D eigenvalue weighted by atomic mass is 16.1. The van der Waals surface area contributed by atoms with Crippen LogP contribution >= 0.6 is 0 Å². The third-order valence-electron chi connectivity index (χ3n) is 2.12. The Labute approximate surface area is 67.5 Å². The lowest BCUT2D eigenvalue weighted by atomic mass is 9.78. The maximum atomic E-state index is 10.8. The van der Waals surface area contributed by atoms with Gasteiger partial charge in [-0.05, 0) is 17.9 Å². The zero-order valence-electron chi connectivity index (χ0n) is 6.76. The van der Waals surface area contributed by atoms with Gasteiger partial charge in [-0.3, -0.25) is 4.79 Å². The summed E-state index contributed by atoms with van der Waals surface area (Å²) in [5.74, 6) is 2.85. The monoisotopic (exact) mass is 148 g/mol. The van der Waals surface area contributed by atoms with E-state index in [4.69, 9.17) is 6.42 Å². The molecule has 0 radical (unpaired) electrons. The molecule has 0 amide bonds. The molecule has 0 bridgehead atoms. The summed E-state index contributed by atoms with van der Waals surface area (Å²) >= 11 is 0. The van der Waals surface area contributed by atoms with Crippen LogP contribution in [0.4, 0.5) is 0 Å². The summed E-state index contributed by atoms with van der Waals surface area (Å²) in [6.45, 7) is 2.09. The van der Waals surface area contributed by atoms with Crippen LogP contribution < -0.4 is 0 Å². The van der Waals surface area contributed by atoms with E-state index in [0.717, 1.165) is 12.8 Å². The summed E-state index contributed by atoms with van der Waals surface area (Å²) in [6, 6.07) is 0. The molecule has 1 atom stereocenters. The zero-order chi connectivity index (χ0) is 8.32. The van der Waals surface area contributed by atoms with Gasteiger partial charge in [-0.2, -0.15) is 0 Å². The number of hydrogen-bond acceptors (Lipinski definition) is 1. The van der Waals surface area contributed by atoms with Crippen LogP contribution in [0, 0.1) is 17.8 Å². The summed E-state index contributed by atoms with van der Waals surface area (Å²) in [6.07, 6.45) is 11.1. The quantitative estimate of drug-likeness (QED) is 0.519. The van der Waals surface area contributed by atoms with Crippen molar-refractivity contribution in [3.8, 4) is 12.3 Å². The lowest BCUT2D eigenvalue weighted by Gasteiger charge is -2.25. The van der Waals surface area contributed by atoms with E-state index < -0.39 is 0 Å². The number of carbonyl (C=O) groups excluding carboxylic acids is 1. The molecule has 0 fully saturated rings. The summed E-state index contributed by atoms with van der Waals surface area (Å²) in [7, 11) is 0.